The van der Waals surface area contributed by atoms with Crippen molar-refractivity contribution in [3.63, 3.8) is 0 Å². The van der Waals surface area contributed by atoms with E-state index >= 15 is 0 Å². The molecular weight excluding hydrogens is 180 g/mol. The Balaban J connectivity index is 2.36. The third-order valence-corrected chi connectivity index (χ3v) is 2.35. The molecule has 14 heavy (non-hydrogen) atoms. The fourth-order valence-corrected chi connectivity index (χ4v) is 1.44. The van der Waals surface area contributed by atoms with Crippen LogP contribution in [-0.2, 0) is 9.53 Å². The Bertz CT molecular complexity index is 247. The zero-order chi connectivity index (χ0) is 10.6. The number of hydrogen-bond donors (Lipinski definition) is 2. The molecule has 0 bridgehead atoms. The molecule has 4 heteroatoms. The lowest BCUT2D eigenvalue weighted by Crippen LogP contribution is -2.43. The van der Waals surface area contributed by atoms with Gasteiger partial charge in [-0.1, -0.05) is 5.92 Å². The number of nitrogens with one attached hydrogen (secondary N) is 2. The lowest BCUT2D eigenvalue weighted by atomic mass is 10.2. The van der Waals surface area contributed by atoms with E-state index < -0.39 is 0 Å². The van der Waals surface area contributed by atoms with Crippen LogP contribution < -0.4 is 10.6 Å². The molecule has 4 nitrogen and oxygen atoms in total. The second-order valence-electron chi connectivity index (χ2n) is 3.45. The number of amides is 1. The first-order valence-corrected chi connectivity index (χ1v) is 4.70. The summed E-state index contributed by atoms with van der Waals surface area (Å²) in [5.74, 6) is 2.41. The minimum atomic E-state index is -0.217. The van der Waals surface area contributed by atoms with Crippen molar-refractivity contribution in [1.29, 1.82) is 0 Å². The second-order valence-corrected chi connectivity index (χ2v) is 3.45. The van der Waals surface area contributed by atoms with Crippen LogP contribution in [0.15, 0.2) is 0 Å². The van der Waals surface area contributed by atoms with Crippen molar-refractivity contribution in [3.05, 3.63) is 0 Å². The highest BCUT2D eigenvalue weighted by molar-refractivity contribution is 5.82. The standard InChI is InChI=1S/C10H16N2O2/c1-4-7(2)12-10(13)9-5-8(14-3)6-11-9/h1,7-9,11H,5-6H2,2-3H3,(H,12,13). The van der Waals surface area contributed by atoms with E-state index in [1.54, 1.807) is 14.0 Å². The maximum atomic E-state index is 11.6. The molecule has 3 unspecified atom stereocenters. The molecule has 0 radical (unpaired) electrons. The fraction of sp³-hybridized carbons (Fsp3) is 0.700. The summed E-state index contributed by atoms with van der Waals surface area (Å²) in [7, 11) is 1.65. The van der Waals surface area contributed by atoms with Crippen molar-refractivity contribution in [2.45, 2.75) is 31.5 Å². The van der Waals surface area contributed by atoms with Crippen LogP contribution in [0, 0.1) is 12.3 Å². The van der Waals surface area contributed by atoms with Crippen molar-refractivity contribution in [2.24, 2.45) is 0 Å². The SMILES string of the molecule is C#CC(C)NC(=O)C1CC(OC)CN1. The van der Waals surface area contributed by atoms with Crippen LogP contribution in [-0.4, -0.2) is 37.7 Å². The summed E-state index contributed by atoms with van der Waals surface area (Å²) in [4.78, 5) is 11.6. The number of hydrogen-bond acceptors (Lipinski definition) is 3. The van der Waals surface area contributed by atoms with E-state index in [0.717, 1.165) is 6.54 Å². The summed E-state index contributed by atoms with van der Waals surface area (Å²) in [6.07, 6.45) is 6.00. The summed E-state index contributed by atoms with van der Waals surface area (Å²) >= 11 is 0. The van der Waals surface area contributed by atoms with Crippen molar-refractivity contribution >= 4 is 5.91 Å². The van der Waals surface area contributed by atoms with Crippen molar-refractivity contribution in [1.82, 2.24) is 10.6 Å². The Morgan fingerprint density at radius 3 is 3.00 bits per heavy atom. The van der Waals surface area contributed by atoms with E-state index in [2.05, 4.69) is 16.6 Å². The molecule has 3 atom stereocenters. The minimum Gasteiger partial charge on any atom is -0.380 e. The number of carbonyl (C=O) groups is 1. The van der Waals surface area contributed by atoms with E-state index in [9.17, 15) is 4.79 Å². The molecule has 0 aliphatic carbocycles. The van der Waals surface area contributed by atoms with E-state index in [0.29, 0.717) is 6.42 Å². The lowest BCUT2D eigenvalue weighted by Gasteiger charge is -2.12. The molecule has 1 heterocycles. The Kier molecular flexibility index (Phi) is 3.93. The molecular formula is C10H16N2O2. The average Bonchev–Trinajstić information content (AvgIpc) is 2.65. The van der Waals surface area contributed by atoms with Gasteiger partial charge in [-0.2, -0.15) is 0 Å². The highest BCUT2D eigenvalue weighted by atomic mass is 16.5. The first-order valence-electron chi connectivity index (χ1n) is 4.70. The van der Waals surface area contributed by atoms with Crippen molar-refractivity contribution < 1.29 is 9.53 Å². The highest BCUT2D eigenvalue weighted by Crippen LogP contribution is 2.09. The molecule has 0 aromatic heterocycles. The molecule has 1 rings (SSSR count). The van der Waals surface area contributed by atoms with E-state index in [1.165, 1.54) is 0 Å². The molecule has 1 amide bonds. The van der Waals surface area contributed by atoms with Crippen molar-refractivity contribution in [2.75, 3.05) is 13.7 Å². The first-order chi connectivity index (χ1) is 6.67. The molecule has 78 valence electrons. The van der Waals surface area contributed by atoms with Crippen LogP contribution in [0.2, 0.25) is 0 Å². The van der Waals surface area contributed by atoms with Gasteiger partial charge in [-0.25, -0.2) is 0 Å². The van der Waals surface area contributed by atoms with Gasteiger partial charge in [-0.15, -0.1) is 6.42 Å². The van der Waals surface area contributed by atoms with Gasteiger partial charge in [0.15, 0.2) is 0 Å². The molecule has 1 aliphatic heterocycles. The molecule has 0 aromatic carbocycles. The summed E-state index contributed by atoms with van der Waals surface area (Å²) in [5, 5.41) is 5.80. The molecule has 0 saturated carbocycles. The van der Waals surface area contributed by atoms with E-state index in [1.807, 2.05) is 0 Å². The predicted octanol–water partition coefficient (Wildman–Crippen LogP) is -0.499. The van der Waals surface area contributed by atoms with Gasteiger partial charge in [0.25, 0.3) is 0 Å². The molecule has 1 saturated heterocycles. The number of terminal acetylenes is 1. The minimum absolute atomic E-state index is 0.0463. The molecule has 2 N–H and O–H groups in total. The number of carbonyl (C=O) groups excluding carboxylic acids is 1. The predicted molar refractivity (Wildman–Crippen MR) is 53.6 cm³/mol. The van der Waals surface area contributed by atoms with Gasteiger partial charge >= 0.3 is 0 Å². The van der Waals surface area contributed by atoms with Gasteiger partial charge in [-0.3, -0.25) is 4.79 Å². The first kappa shape index (κ1) is 11.0. The normalized spacial score (nSPS) is 28.1. The van der Waals surface area contributed by atoms with Crippen LogP contribution in [0.25, 0.3) is 0 Å². The summed E-state index contributed by atoms with van der Waals surface area (Å²) in [6.45, 7) is 2.50. The van der Waals surface area contributed by atoms with Crippen LogP contribution in [0.4, 0.5) is 0 Å². The molecule has 1 aliphatic rings. The number of methoxy groups -OCH3 is 1. The maximum Gasteiger partial charge on any atom is 0.238 e. The van der Waals surface area contributed by atoms with Gasteiger partial charge in [0, 0.05) is 13.7 Å². The summed E-state index contributed by atoms with van der Waals surface area (Å²) in [6, 6.07) is -0.387. The smallest absolute Gasteiger partial charge is 0.238 e. The Hall–Kier alpha value is -1.05. The van der Waals surface area contributed by atoms with Crippen LogP contribution >= 0.6 is 0 Å². The van der Waals surface area contributed by atoms with Crippen LogP contribution in [0.3, 0.4) is 0 Å². The van der Waals surface area contributed by atoms with Gasteiger partial charge in [-0.05, 0) is 13.3 Å². The Morgan fingerprint density at radius 1 is 1.79 bits per heavy atom. The Labute approximate surface area is 84.4 Å². The van der Waals surface area contributed by atoms with Gasteiger partial charge in [0.1, 0.15) is 0 Å². The summed E-state index contributed by atoms with van der Waals surface area (Å²) < 4.78 is 5.14. The average molecular weight is 196 g/mol. The number of ether oxygens (including phenoxy) is 1. The van der Waals surface area contributed by atoms with E-state index in [4.69, 9.17) is 11.2 Å². The van der Waals surface area contributed by atoms with Crippen LogP contribution in [0.5, 0.6) is 0 Å². The van der Waals surface area contributed by atoms with Gasteiger partial charge in [0.2, 0.25) is 5.91 Å². The Morgan fingerprint density at radius 2 is 2.50 bits per heavy atom. The number of rotatable bonds is 3. The van der Waals surface area contributed by atoms with Gasteiger partial charge in [0.05, 0.1) is 18.2 Å². The third-order valence-electron chi connectivity index (χ3n) is 2.35. The molecule has 0 aromatic rings. The van der Waals surface area contributed by atoms with Gasteiger partial charge < -0.3 is 15.4 Å². The second kappa shape index (κ2) is 4.99. The van der Waals surface area contributed by atoms with E-state index in [-0.39, 0.29) is 24.1 Å². The molecule has 0 spiro atoms. The quantitative estimate of drug-likeness (QED) is 0.598. The summed E-state index contributed by atoms with van der Waals surface area (Å²) in [5.41, 5.74) is 0. The zero-order valence-corrected chi connectivity index (χ0v) is 8.54. The topological polar surface area (TPSA) is 50.4 Å². The maximum absolute atomic E-state index is 11.6. The third kappa shape index (κ3) is 2.72. The monoisotopic (exact) mass is 196 g/mol. The van der Waals surface area contributed by atoms with Crippen molar-refractivity contribution in [3.8, 4) is 12.3 Å². The highest BCUT2D eigenvalue weighted by Gasteiger charge is 2.29. The largest absolute Gasteiger partial charge is 0.380 e. The lowest BCUT2D eigenvalue weighted by molar-refractivity contribution is -0.123. The van der Waals surface area contributed by atoms with Crippen LogP contribution in [0.1, 0.15) is 13.3 Å². The molecule has 1 fully saturated rings. The zero-order valence-electron chi connectivity index (χ0n) is 8.54. The fourth-order valence-electron chi connectivity index (χ4n) is 1.44.